The minimum absolute atomic E-state index is 0.0960. The first kappa shape index (κ1) is 9.65. The molecule has 3 heteroatoms. The average molecular weight is 244 g/mol. The van der Waals surface area contributed by atoms with Crippen molar-refractivity contribution in [2.45, 2.75) is 25.4 Å². The molecule has 0 aromatic heterocycles. The van der Waals surface area contributed by atoms with Crippen molar-refractivity contribution in [2.75, 3.05) is 11.0 Å². The normalized spacial score (nSPS) is 13.7. The number of unbranched alkanes of at least 4 members (excludes halogenated alkanes) is 1. The van der Waals surface area contributed by atoms with Crippen LogP contribution in [0.2, 0.25) is 0 Å². The van der Waals surface area contributed by atoms with Gasteiger partial charge in [0.05, 0.1) is 12.7 Å². The number of alkyl halides is 1. The van der Waals surface area contributed by atoms with Crippen LogP contribution in [0.15, 0.2) is 0 Å². The minimum atomic E-state index is -0.493. The van der Waals surface area contributed by atoms with E-state index in [1.165, 1.54) is 0 Å². The molecule has 56 valence electrons. The van der Waals surface area contributed by atoms with Gasteiger partial charge in [0.1, 0.15) is 0 Å². The van der Waals surface area contributed by atoms with Gasteiger partial charge < -0.3 is 10.2 Å². The van der Waals surface area contributed by atoms with Crippen molar-refractivity contribution in [3.05, 3.63) is 0 Å². The summed E-state index contributed by atoms with van der Waals surface area (Å²) in [5.74, 6) is 0. The second-order valence-corrected chi connectivity index (χ2v) is 3.10. The lowest BCUT2D eigenvalue weighted by molar-refractivity contribution is 0.0866. The van der Waals surface area contributed by atoms with Gasteiger partial charge >= 0.3 is 0 Å². The number of rotatable bonds is 5. The van der Waals surface area contributed by atoms with Gasteiger partial charge in [0.2, 0.25) is 0 Å². The second-order valence-electron chi connectivity index (χ2n) is 2.02. The van der Waals surface area contributed by atoms with Crippen molar-refractivity contribution in [3.8, 4) is 0 Å². The van der Waals surface area contributed by atoms with Crippen LogP contribution in [0.3, 0.4) is 0 Å². The summed E-state index contributed by atoms with van der Waals surface area (Å²) in [5.41, 5.74) is 0. The lowest BCUT2D eigenvalue weighted by Crippen LogP contribution is -2.11. The van der Waals surface area contributed by atoms with Crippen LogP contribution in [-0.2, 0) is 0 Å². The van der Waals surface area contributed by atoms with E-state index >= 15 is 0 Å². The van der Waals surface area contributed by atoms with Gasteiger partial charge in [-0.15, -0.1) is 0 Å². The third-order valence-corrected chi connectivity index (χ3v) is 1.89. The van der Waals surface area contributed by atoms with Gasteiger partial charge in [0, 0.05) is 0 Å². The largest absolute Gasteiger partial charge is 0.394 e. The zero-order chi connectivity index (χ0) is 7.11. The monoisotopic (exact) mass is 244 g/mol. The van der Waals surface area contributed by atoms with Crippen LogP contribution in [-0.4, -0.2) is 27.4 Å². The number of aliphatic hydroxyl groups is 2. The Hall–Kier alpha value is 0.650. The van der Waals surface area contributed by atoms with Crippen molar-refractivity contribution >= 4 is 22.6 Å². The first-order chi connectivity index (χ1) is 4.31. The fourth-order valence-electron chi connectivity index (χ4n) is 0.566. The van der Waals surface area contributed by atoms with Gasteiger partial charge in [-0.05, 0) is 17.3 Å². The summed E-state index contributed by atoms with van der Waals surface area (Å²) in [6.45, 7) is -0.0960. The van der Waals surface area contributed by atoms with Crippen molar-refractivity contribution in [1.29, 1.82) is 0 Å². The average Bonchev–Trinajstić information content (AvgIpc) is 1.89. The van der Waals surface area contributed by atoms with Crippen LogP contribution < -0.4 is 0 Å². The molecule has 9 heavy (non-hydrogen) atoms. The second kappa shape index (κ2) is 6.77. The Bertz CT molecular complexity index is 59.0. The van der Waals surface area contributed by atoms with Crippen LogP contribution in [0.1, 0.15) is 19.3 Å². The number of hydrogen-bond donors (Lipinski definition) is 2. The molecule has 0 heterocycles. The molecule has 0 rings (SSSR count). The molecule has 0 amide bonds. The molecular weight excluding hydrogens is 231 g/mol. The highest BCUT2D eigenvalue weighted by Gasteiger charge is 1.99. The van der Waals surface area contributed by atoms with Crippen molar-refractivity contribution in [1.82, 2.24) is 0 Å². The molecule has 0 saturated carbocycles. The van der Waals surface area contributed by atoms with Crippen LogP contribution in [0.4, 0.5) is 0 Å². The Balaban J connectivity index is 2.88. The standard InChI is InChI=1S/C6H13IO2/c7-4-2-1-3-6(9)5-8/h6,8-9H,1-5H2. The predicted octanol–water partition coefficient (Wildman–Crippen LogP) is 0.945. The highest BCUT2D eigenvalue weighted by molar-refractivity contribution is 14.1. The van der Waals surface area contributed by atoms with Crippen LogP contribution in [0.5, 0.6) is 0 Å². The van der Waals surface area contributed by atoms with Crippen molar-refractivity contribution < 1.29 is 10.2 Å². The third-order valence-electron chi connectivity index (χ3n) is 1.13. The molecular formula is C6H13IO2. The van der Waals surface area contributed by atoms with Crippen molar-refractivity contribution in [2.24, 2.45) is 0 Å². The van der Waals surface area contributed by atoms with Gasteiger partial charge in [-0.25, -0.2) is 0 Å². The van der Waals surface area contributed by atoms with Crippen LogP contribution >= 0.6 is 22.6 Å². The fourth-order valence-corrected chi connectivity index (χ4v) is 1.11. The third kappa shape index (κ3) is 6.54. The Morgan fingerprint density at radius 3 is 2.44 bits per heavy atom. The topological polar surface area (TPSA) is 40.5 Å². The maximum Gasteiger partial charge on any atom is 0.0770 e. The van der Waals surface area contributed by atoms with Gasteiger partial charge in [0.15, 0.2) is 0 Å². The summed E-state index contributed by atoms with van der Waals surface area (Å²) >= 11 is 2.30. The summed E-state index contributed by atoms with van der Waals surface area (Å²) < 4.78 is 1.13. The summed E-state index contributed by atoms with van der Waals surface area (Å²) in [5, 5.41) is 17.2. The minimum Gasteiger partial charge on any atom is -0.394 e. The summed E-state index contributed by atoms with van der Waals surface area (Å²) in [7, 11) is 0. The van der Waals surface area contributed by atoms with E-state index < -0.39 is 6.10 Å². The highest BCUT2D eigenvalue weighted by atomic mass is 127. The first-order valence-electron chi connectivity index (χ1n) is 3.16. The molecule has 0 radical (unpaired) electrons. The van der Waals surface area contributed by atoms with E-state index in [1.807, 2.05) is 0 Å². The summed E-state index contributed by atoms with van der Waals surface area (Å²) in [4.78, 5) is 0. The molecule has 1 atom stereocenters. The molecule has 0 saturated heterocycles. The first-order valence-corrected chi connectivity index (χ1v) is 4.68. The maximum absolute atomic E-state index is 8.83. The van der Waals surface area contributed by atoms with E-state index in [4.69, 9.17) is 10.2 Å². The molecule has 0 bridgehead atoms. The molecule has 1 unspecified atom stereocenters. The van der Waals surface area contributed by atoms with E-state index in [1.54, 1.807) is 0 Å². The number of halogens is 1. The molecule has 0 aliphatic rings. The highest BCUT2D eigenvalue weighted by Crippen LogP contribution is 2.01. The molecule has 0 aromatic rings. The molecule has 0 aliphatic heterocycles. The van der Waals surface area contributed by atoms with Crippen LogP contribution in [0.25, 0.3) is 0 Å². The van der Waals surface area contributed by atoms with Crippen molar-refractivity contribution in [3.63, 3.8) is 0 Å². The SMILES string of the molecule is OCC(O)CCCCI. The maximum atomic E-state index is 8.83. The summed E-state index contributed by atoms with van der Waals surface area (Å²) in [6.07, 6.45) is 2.40. The predicted molar refractivity (Wildman–Crippen MR) is 45.8 cm³/mol. The molecule has 0 fully saturated rings. The van der Waals surface area contributed by atoms with E-state index in [9.17, 15) is 0 Å². The van der Waals surface area contributed by atoms with Gasteiger partial charge in [-0.2, -0.15) is 0 Å². The molecule has 0 aromatic carbocycles. The Morgan fingerprint density at radius 2 is 2.00 bits per heavy atom. The van der Waals surface area contributed by atoms with E-state index in [0.29, 0.717) is 0 Å². The fraction of sp³-hybridized carbons (Fsp3) is 1.00. The quantitative estimate of drug-likeness (QED) is 0.429. The summed E-state index contributed by atoms with van der Waals surface area (Å²) in [6, 6.07) is 0. The Kier molecular flexibility index (Phi) is 7.25. The molecule has 0 spiro atoms. The zero-order valence-corrected chi connectivity index (χ0v) is 7.54. The molecule has 2 N–H and O–H groups in total. The lowest BCUT2D eigenvalue weighted by atomic mass is 10.2. The lowest BCUT2D eigenvalue weighted by Gasteiger charge is -2.03. The Morgan fingerprint density at radius 1 is 1.33 bits per heavy atom. The number of hydrogen-bond acceptors (Lipinski definition) is 2. The van der Waals surface area contributed by atoms with Gasteiger partial charge in [0.25, 0.3) is 0 Å². The number of aliphatic hydroxyl groups excluding tert-OH is 2. The molecule has 2 nitrogen and oxygen atoms in total. The van der Waals surface area contributed by atoms with E-state index in [-0.39, 0.29) is 6.61 Å². The van der Waals surface area contributed by atoms with E-state index in [2.05, 4.69) is 22.6 Å². The van der Waals surface area contributed by atoms with Gasteiger partial charge in [-0.3, -0.25) is 0 Å². The molecule has 0 aliphatic carbocycles. The smallest absolute Gasteiger partial charge is 0.0770 e. The van der Waals surface area contributed by atoms with E-state index in [0.717, 1.165) is 23.7 Å². The zero-order valence-electron chi connectivity index (χ0n) is 5.39. The van der Waals surface area contributed by atoms with Crippen LogP contribution in [0, 0.1) is 0 Å². The Labute approximate surface area is 69.4 Å². The van der Waals surface area contributed by atoms with Gasteiger partial charge in [-0.1, -0.05) is 29.0 Å².